The van der Waals surface area contributed by atoms with Gasteiger partial charge in [0, 0.05) is 24.3 Å². The molecule has 0 atom stereocenters. The van der Waals surface area contributed by atoms with Crippen molar-refractivity contribution in [2.45, 2.75) is 6.54 Å². The number of carbonyl (C=O) groups is 1. The van der Waals surface area contributed by atoms with Gasteiger partial charge in [-0.25, -0.2) is 4.98 Å². The summed E-state index contributed by atoms with van der Waals surface area (Å²) in [6.45, 7) is 0.518. The Hall–Kier alpha value is -4.39. The first-order valence-corrected chi connectivity index (χ1v) is 9.92. The largest absolute Gasteiger partial charge is 0.355 e. The highest BCUT2D eigenvalue weighted by Gasteiger charge is 2.13. The highest BCUT2D eigenvalue weighted by Crippen LogP contribution is 2.22. The van der Waals surface area contributed by atoms with Gasteiger partial charge in [-0.15, -0.1) is 0 Å². The van der Waals surface area contributed by atoms with E-state index >= 15 is 0 Å². The SMILES string of the molecule is O=C(Nc1cnn(Cc2cn3ccccc3n2)c1)c1ccccc1Nc1ccccc1. The normalized spacial score (nSPS) is 10.8. The Morgan fingerprint density at radius 1 is 0.871 bits per heavy atom. The third-order valence-corrected chi connectivity index (χ3v) is 4.85. The topological polar surface area (TPSA) is 76.2 Å². The Bertz CT molecular complexity index is 1310. The summed E-state index contributed by atoms with van der Waals surface area (Å²) in [5.41, 5.74) is 4.62. The van der Waals surface area contributed by atoms with Crippen molar-refractivity contribution >= 4 is 28.6 Å². The summed E-state index contributed by atoms with van der Waals surface area (Å²) >= 11 is 0. The van der Waals surface area contributed by atoms with Gasteiger partial charge >= 0.3 is 0 Å². The standard InChI is InChI=1S/C24H20N6O/c31-24(21-10-4-5-11-22(21)26-18-8-2-1-3-9-18)28-19-14-25-30(16-19)17-20-15-29-13-7-6-12-23(29)27-20/h1-16,26H,17H2,(H,28,31). The molecule has 0 aliphatic carbocycles. The van der Waals surface area contributed by atoms with E-state index in [1.165, 1.54) is 0 Å². The first kappa shape index (κ1) is 18.6. The van der Waals surface area contributed by atoms with Crippen molar-refractivity contribution in [1.82, 2.24) is 19.2 Å². The summed E-state index contributed by atoms with van der Waals surface area (Å²) in [6, 6.07) is 23.1. The van der Waals surface area contributed by atoms with E-state index in [0.717, 1.165) is 22.7 Å². The summed E-state index contributed by atoms with van der Waals surface area (Å²) in [7, 11) is 0. The maximum atomic E-state index is 12.9. The minimum atomic E-state index is -0.202. The van der Waals surface area contributed by atoms with E-state index in [9.17, 15) is 4.79 Å². The molecule has 3 aromatic heterocycles. The Labute approximate surface area is 179 Å². The number of fused-ring (bicyclic) bond motifs is 1. The molecule has 0 saturated carbocycles. The van der Waals surface area contributed by atoms with E-state index in [-0.39, 0.29) is 5.91 Å². The molecule has 31 heavy (non-hydrogen) atoms. The molecule has 7 heteroatoms. The quantitative estimate of drug-likeness (QED) is 0.431. The first-order valence-electron chi connectivity index (χ1n) is 9.92. The molecule has 3 heterocycles. The maximum Gasteiger partial charge on any atom is 0.257 e. The monoisotopic (exact) mass is 408 g/mol. The molecule has 5 aromatic rings. The van der Waals surface area contributed by atoms with Crippen LogP contribution in [0.1, 0.15) is 16.1 Å². The molecule has 0 bridgehead atoms. The lowest BCUT2D eigenvalue weighted by molar-refractivity contribution is 0.102. The second kappa shape index (κ2) is 8.16. The summed E-state index contributed by atoms with van der Waals surface area (Å²) in [5.74, 6) is -0.202. The van der Waals surface area contributed by atoms with Gasteiger partial charge in [-0.2, -0.15) is 5.10 Å². The van der Waals surface area contributed by atoms with Crippen LogP contribution in [0.5, 0.6) is 0 Å². The van der Waals surface area contributed by atoms with Crippen LogP contribution in [-0.4, -0.2) is 25.1 Å². The van der Waals surface area contributed by atoms with E-state index in [1.54, 1.807) is 23.1 Å². The number of nitrogens with zero attached hydrogens (tertiary/aromatic N) is 4. The minimum absolute atomic E-state index is 0.202. The van der Waals surface area contributed by atoms with E-state index in [0.29, 0.717) is 17.8 Å². The lowest BCUT2D eigenvalue weighted by Gasteiger charge is -2.11. The van der Waals surface area contributed by atoms with Gasteiger partial charge in [0.25, 0.3) is 5.91 Å². The molecule has 7 nitrogen and oxygen atoms in total. The fourth-order valence-corrected chi connectivity index (χ4v) is 3.41. The number of hydrogen-bond donors (Lipinski definition) is 2. The van der Waals surface area contributed by atoms with Crippen LogP contribution in [-0.2, 0) is 6.54 Å². The van der Waals surface area contributed by atoms with Crippen molar-refractivity contribution in [3.63, 3.8) is 0 Å². The predicted octanol–water partition coefficient (Wildman–Crippen LogP) is 4.58. The molecule has 0 spiro atoms. The van der Waals surface area contributed by atoms with Crippen LogP contribution < -0.4 is 10.6 Å². The second-order valence-electron chi connectivity index (χ2n) is 7.12. The van der Waals surface area contributed by atoms with E-state index in [4.69, 9.17) is 0 Å². The Morgan fingerprint density at radius 3 is 2.55 bits per heavy atom. The maximum absolute atomic E-state index is 12.9. The lowest BCUT2D eigenvalue weighted by atomic mass is 10.1. The van der Waals surface area contributed by atoms with Crippen LogP contribution in [0, 0.1) is 0 Å². The van der Waals surface area contributed by atoms with Gasteiger partial charge in [0.1, 0.15) is 5.65 Å². The molecule has 0 saturated heterocycles. The van der Waals surface area contributed by atoms with Gasteiger partial charge in [-0.05, 0) is 36.4 Å². The fourth-order valence-electron chi connectivity index (χ4n) is 3.41. The molecule has 0 radical (unpaired) electrons. The van der Waals surface area contributed by atoms with E-state index in [1.807, 2.05) is 83.5 Å². The zero-order valence-corrected chi connectivity index (χ0v) is 16.6. The summed E-state index contributed by atoms with van der Waals surface area (Å²) in [4.78, 5) is 17.5. The third-order valence-electron chi connectivity index (χ3n) is 4.85. The van der Waals surface area contributed by atoms with Crippen molar-refractivity contribution < 1.29 is 4.79 Å². The highest BCUT2D eigenvalue weighted by atomic mass is 16.1. The Balaban J connectivity index is 1.30. The summed E-state index contributed by atoms with van der Waals surface area (Å²) in [5, 5.41) is 10.6. The zero-order chi connectivity index (χ0) is 21.0. The minimum Gasteiger partial charge on any atom is -0.355 e. The van der Waals surface area contributed by atoms with Gasteiger partial charge in [0.15, 0.2) is 0 Å². The van der Waals surface area contributed by atoms with Crippen molar-refractivity contribution in [3.8, 4) is 0 Å². The second-order valence-corrected chi connectivity index (χ2v) is 7.12. The molecule has 0 fully saturated rings. The Morgan fingerprint density at radius 2 is 1.68 bits per heavy atom. The number of aromatic nitrogens is 4. The zero-order valence-electron chi connectivity index (χ0n) is 16.6. The molecule has 0 unspecified atom stereocenters. The van der Waals surface area contributed by atoms with Gasteiger partial charge in [0.05, 0.1) is 35.4 Å². The van der Waals surface area contributed by atoms with Gasteiger partial charge < -0.3 is 15.0 Å². The molecule has 5 rings (SSSR count). The average molecular weight is 408 g/mol. The number of imidazole rings is 1. The number of pyridine rings is 1. The van der Waals surface area contributed by atoms with Gasteiger partial charge in [0.2, 0.25) is 0 Å². The van der Waals surface area contributed by atoms with Gasteiger partial charge in [-0.1, -0.05) is 36.4 Å². The van der Waals surface area contributed by atoms with Crippen LogP contribution in [0.15, 0.2) is 97.6 Å². The van der Waals surface area contributed by atoms with Crippen LogP contribution in [0.25, 0.3) is 5.65 Å². The molecule has 2 N–H and O–H groups in total. The molecule has 1 amide bonds. The van der Waals surface area contributed by atoms with Crippen LogP contribution >= 0.6 is 0 Å². The highest BCUT2D eigenvalue weighted by molar-refractivity contribution is 6.08. The number of carbonyl (C=O) groups excluding carboxylic acids is 1. The number of nitrogens with one attached hydrogen (secondary N) is 2. The number of anilines is 3. The summed E-state index contributed by atoms with van der Waals surface area (Å²) < 4.78 is 3.73. The first-order chi connectivity index (χ1) is 15.2. The molecule has 0 aliphatic rings. The number of amides is 1. The molecular weight excluding hydrogens is 388 g/mol. The number of rotatable bonds is 6. The van der Waals surface area contributed by atoms with Crippen molar-refractivity contribution in [2.75, 3.05) is 10.6 Å². The fraction of sp³-hybridized carbons (Fsp3) is 0.0417. The molecule has 0 aliphatic heterocycles. The Kier molecular flexibility index (Phi) is 4.90. The number of benzene rings is 2. The van der Waals surface area contributed by atoms with Crippen LogP contribution in [0.3, 0.4) is 0 Å². The van der Waals surface area contributed by atoms with Crippen molar-refractivity contribution in [1.29, 1.82) is 0 Å². The number of hydrogen-bond acceptors (Lipinski definition) is 4. The third kappa shape index (κ3) is 4.16. The average Bonchev–Trinajstić information content (AvgIpc) is 3.41. The molecule has 152 valence electrons. The van der Waals surface area contributed by atoms with Crippen LogP contribution in [0.2, 0.25) is 0 Å². The van der Waals surface area contributed by atoms with Crippen LogP contribution in [0.4, 0.5) is 17.1 Å². The smallest absolute Gasteiger partial charge is 0.257 e. The number of para-hydroxylation sites is 2. The van der Waals surface area contributed by atoms with Crippen molar-refractivity contribution in [3.05, 3.63) is 109 Å². The van der Waals surface area contributed by atoms with E-state index < -0.39 is 0 Å². The van der Waals surface area contributed by atoms with Gasteiger partial charge in [-0.3, -0.25) is 9.48 Å². The van der Waals surface area contributed by atoms with E-state index in [2.05, 4.69) is 20.7 Å². The lowest BCUT2D eigenvalue weighted by Crippen LogP contribution is -2.13. The predicted molar refractivity (Wildman–Crippen MR) is 121 cm³/mol. The van der Waals surface area contributed by atoms with Crippen molar-refractivity contribution in [2.24, 2.45) is 0 Å². The summed E-state index contributed by atoms with van der Waals surface area (Å²) in [6.07, 6.45) is 7.37. The molecule has 2 aromatic carbocycles. The molecular formula is C24H20N6O.